The van der Waals surface area contributed by atoms with Gasteiger partial charge in [-0.3, -0.25) is 4.79 Å². The molecule has 1 heterocycles. The Morgan fingerprint density at radius 2 is 2.05 bits per heavy atom. The molecule has 0 unspecified atom stereocenters. The summed E-state index contributed by atoms with van der Waals surface area (Å²) in [6, 6.07) is 3.59. The van der Waals surface area contributed by atoms with E-state index in [2.05, 4.69) is 5.32 Å². The first-order valence-corrected chi connectivity index (χ1v) is 7.20. The van der Waals surface area contributed by atoms with Crippen LogP contribution in [0.1, 0.15) is 30.7 Å². The van der Waals surface area contributed by atoms with E-state index in [4.69, 9.17) is 10.5 Å². The summed E-state index contributed by atoms with van der Waals surface area (Å²) in [5.41, 5.74) is 5.57. The molecule has 0 spiro atoms. The average molecular weight is 296 g/mol. The summed E-state index contributed by atoms with van der Waals surface area (Å²) in [6.07, 6.45) is 1.39. The molecule has 6 heteroatoms. The van der Waals surface area contributed by atoms with Gasteiger partial charge in [-0.25, -0.2) is 8.78 Å². The van der Waals surface area contributed by atoms with Gasteiger partial charge in [0.15, 0.2) is 0 Å². The van der Waals surface area contributed by atoms with E-state index in [1.807, 2.05) is 0 Å². The largest absolute Gasteiger partial charge is 0.364 e. The third-order valence-corrected chi connectivity index (χ3v) is 4.15. The van der Waals surface area contributed by atoms with Crippen LogP contribution in [0.3, 0.4) is 0 Å². The Morgan fingerprint density at radius 1 is 1.33 bits per heavy atom. The first-order chi connectivity index (χ1) is 10.1. The van der Waals surface area contributed by atoms with Crippen LogP contribution in [0.15, 0.2) is 18.2 Å². The highest BCUT2D eigenvalue weighted by Crippen LogP contribution is 2.43. The van der Waals surface area contributed by atoms with Gasteiger partial charge in [0.25, 0.3) is 0 Å². The van der Waals surface area contributed by atoms with Crippen molar-refractivity contribution < 1.29 is 18.3 Å². The molecule has 0 radical (unpaired) electrons. The van der Waals surface area contributed by atoms with Gasteiger partial charge >= 0.3 is 0 Å². The van der Waals surface area contributed by atoms with E-state index in [1.165, 1.54) is 18.2 Å². The Kier molecular flexibility index (Phi) is 3.91. The molecule has 21 heavy (non-hydrogen) atoms. The molecule has 114 valence electrons. The summed E-state index contributed by atoms with van der Waals surface area (Å²) >= 11 is 0. The van der Waals surface area contributed by atoms with Crippen LogP contribution in [-0.2, 0) is 9.53 Å². The molecule has 3 rings (SSSR count). The lowest BCUT2D eigenvalue weighted by Crippen LogP contribution is -2.37. The maximum atomic E-state index is 13.7. The Balaban J connectivity index is 1.58. The molecular weight excluding hydrogens is 278 g/mol. The molecule has 1 aliphatic carbocycles. The van der Waals surface area contributed by atoms with Crippen molar-refractivity contribution in [3.05, 3.63) is 35.4 Å². The number of rotatable bonds is 4. The molecule has 1 saturated heterocycles. The number of nitrogens with two attached hydrogens (primary N) is 1. The molecule has 0 bridgehead atoms. The van der Waals surface area contributed by atoms with E-state index in [0.29, 0.717) is 19.4 Å². The second-order valence-corrected chi connectivity index (χ2v) is 5.65. The number of carbonyl (C=O) groups is 1. The summed E-state index contributed by atoms with van der Waals surface area (Å²) in [4.78, 5) is 12.0. The van der Waals surface area contributed by atoms with Gasteiger partial charge in [-0.15, -0.1) is 0 Å². The first-order valence-electron chi connectivity index (χ1n) is 7.20. The smallest absolute Gasteiger partial charge is 0.249 e. The van der Waals surface area contributed by atoms with Gasteiger partial charge in [-0.1, -0.05) is 6.07 Å². The van der Waals surface area contributed by atoms with Gasteiger partial charge < -0.3 is 15.8 Å². The summed E-state index contributed by atoms with van der Waals surface area (Å²) in [7, 11) is 0. The molecule has 1 aromatic carbocycles. The number of carbonyl (C=O) groups excluding carboxylic acids is 1. The van der Waals surface area contributed by atoms with Crippen molar-refractivity contribution in [3.63, 3.8) is 0 Å². The van der Waals surface area contributed by atoms with Crippen molar-refractivity contribution in [1.29, 1.82) is 0 Å². The van der Waals surface area contributed by atoms with Crippen molar-refractivity contribution in [2.75, 3.05) is 6.54 Å². The highest BCUT2D eigenvalue weighted by atomic mass is 19.1. The summed E-state index contributed by atoms with van der Waals surface area (Å²) in [5.74, 6) is -1.62. The van der Waals surface area contributed by atoms with Crippen LogP contribution in [-0.4, -0.2) is 30.7 Å². The van der Waals surface area contributed by atoms with E-state index >= 15 is 0 Å². The topological polar surface area (TPSA) is 64.4 Å². The second-order valence-electron chi connectivity index (χ2n) is 5.65. The van der Waals surface area contributed by atoms with Crippen molar-refractivity contribution in [3.8, 4) is 0 Å². The van der Waals surface area contributed by atoms with E-state index in [-0.39, 0.29) is 29.5 Å². The Morgan fingerprint density at radius 3 is 2.67 bits per heavy atom. The maximum absolute atomic E-state index is 13.7. The number of ether oxygens (including phenoxy) is 1. The molecule has 1 saturated carbocycles. The predicted molar refractivity (Wildman–Crippen MR) is 72.6 cm³/mol. The van der Waals surface area contributed by atoms with Crippen LogP contribution in [0.25, 0.3) is 0 Å². The monoisotopic (exact) mass is 296 g/mol. The molecule has 4 nitrogen and oxygen atoms in total. The third-order valence-electron chi connectivity index (χ3n) is 4.15. The van der Waals surface area contributed by atoms with Crippen LogP contribution in [0.4, 0.5) is 8.78 Å². The fourth-order valence-electron chi connectivity index (χ4n) is 2.89. The lowest BCUT2D eigenvalue weighted by atomic mass is 10.1. The summed E-state index contributed by atoms with van der Waals surface area (Å²) < 4.78 is 32.8. The molecule has 4 atom stereocenters. The Hall–Kier alpha value is -1.53. The fourth-order valence-corrected chi connectivity index (χ4v) is 2.89. The number of hydrogen-bond donors (Lipinski definition) is 2. The normalized spacial score (nSPS) is 31.2. The van der Waals surface area contributed by atoms with Gasteiger partial charge in [-0.05, 0) is 31.4 Å². The number of halogens is 2. The minimum absolute atomic E-state index is 0.0648. The van der Waals surface area contributed by atoms with Gasteiger partial charge in [-0.2, -0.15) is 0 Å². The minimum atomic E-state index is -0.558. The minimum Gasteiger partial charge on any atom is -0.364 e. The molecule has 2 fully saturated rings. The van der Waals surface area contributed by atoms with Crippen molar-refractivity contribution in [1.82, 2.24) is 5.32 Å². The molecule has 2 aliphatic rings. The second kappa shape index (κ2) is 5.69. The number of benzene rings is 1. The van der Waals surface area contributed by atoms with Crippen molar-refractivity contribution >= 4 is 5.91 Å². The molecule has 1 aliphatic heterocycles. The van der Waals surface area contributed by atoms with Crippen LogP contribution < -0.4 is 11.1 Å². The first kappa shape index (κ1) is 14.4. The molecule has 0 aromatic heterocycles. The molecule has 3 N–H and O–H groups in total. The zero-order valence-corrected chi connectivity index (χ0v) is 11.5. The van der Waals surface area contributed by atoms with Gasteiger partial charge in [0, 0.05) is 24.1 Å². The predicted octanol–water partition coefficient (Wildman–Crippen LogP) is 1.44. The van der Waals surface area contributed by atoms with Crippen LogP contribution in [0.5, 0.6) is 0 Å². The Bertz CT molecular complexity index is 532. The van der Waals surface area contributed by atoms with Crippen LogP contribution >= 0.6 is 0 Å². The molecular formula is C15H18F2N2O2. The summed E-state index contributed by atoms with van der Waals surface area (Å²) in [5, 5.41) is 2.81. The average Bonchev–Trinajstić information content (AvgIpc) is 3.03. The quantitative estimate of drug-likeness (QED) is 0.884. The van der Waals surface area contributed by atoms with Gasteiger partial charge in [0.05, 0.1) is 6.10 Å². The zero-order chi connectivity index (χ0) is 15.0. The van der Waals surface area contributed by atoms with E-state index in [1.54, 1.807) is 0 Å². The lowest BCUT2D eigenvalue weighted by Gasteiger charge is -2.13. The van der Waals surface area contributed by atoms with Crippen molar-refractivity contribution in [2.24, 2.45) is 5.73 Å². The van der Waals surface area contributed by atoms with Crippen LogP contribution in [0, 0.1) is 11.6 Å². The Labute approximate surface area is 121 Å². The third kappa shape index (κ3) is 2.91. The molecule has 1 aromatic rings. The van der Waals surface area contributed by atoms with Crippen LogP contribution in [0.2, 0.25) is 0 Å². The summed E-state index contributed by atoms with van der Waals surface area (Å²) in [6.45, 7) is 0.399. The maximum Gasteiger partial charge on any atom is 0.249 e. The lowest BCUT2D eigenvalue weighted by molar-refractivity contribution is -0.132. The van der Waals surface area contributed by atoms with Crippen molar-refractivity contribution in [2.45, 2.75) is 43.4 Å². The van der Waals surface area contributed by atoms with E-state index < -0.39 is 17.7 Å². The van der Waals surface area contributed by atoms with Gasteiger partial charge in [0.2, 0.25) is 5.91 Å². The highest BCUT2D eigenvalue weighted by molar-refractivity contribution is 5.81. The fraction of sp³-hybridized carbons (Fsp3) is 0.533. The zero-order valence-electron chi connectivity index (χ0n) is 11.5. The van der Waals surface area contributed by atoms with E-state index in [0.717, 1.165) is 6.42 Å². The van der Waals surface area contributed by atoms with E-state index in [9.17, 15) is 13.6 Å². The molecule has 1 amide bonds. The SMILES string of the molecule is NC[C@H]1CC[C@@H](C(=O)N[C@@H]2C[C@@H]2c2c(F)cccc2F)O1. The number of amides is 1. The number of hydrogen-bond acceptors (Lipinski definition) is 3. The number of nitrogens with one attached hydrogen (secondary N) is 1. The highest BCUT2D eigenvalue weighted by Gasteiger charge is 2.44. The van der Waals surface area contributed by atoms with Gasteiger partial charge in [0.1, 0.15) is 17.7 Å². The standard InChI is InChI=1S/C15H18F2N2O2/c16-10-2-1-3-11(17)14(10)9-6-12(9)19-15(20)13-5-4-8(7-18)21-13/h1-3,8-9,12-13H,4-7,18H2,(H,19,20)/t8-,9+,12-,13+/m1/s1.